The van der Waals surface area contributed by atoms with E-state index in [1.807, 2.05) is 72.9 Å². The van der Waals surface area contributed by atoms with Crippen LogP contribution in [-0.2, 0) is 12.8 Å². The number of rotatable bonds is 7. The maximum atomic E-state index is 13.5. The summed E-state index contributed by atoms with van der Waals surface area (Å²) in [6.07, 6.45) is 9.43. The summed E-state index contributed by atoms with van der Waals surface area (Å²) in [6, 6.07) is 21.7. The van der Waals surface area contributed by atoms with Gasteiger partial charge in [-0.1, -0.05) is 60.7 Å². The van der Waals surface area contributed by atoms with Gasteiger partial charge in [-0.25, -0.2) is 0 Å². The Morgan fingerprint density at radius 1 is 1.03 bits per heavy atom. The number of amides is 1. The molecule has 35 heavy (non-hydrogen) atoms. The fraction of sp³-hybridized carbons (Fsp3) is 0.233. The largest absolute Gasteiger partial charge is 0.492 e. The zero-order valence-electron chi connectivity index (χ0n) is 19.7. The molecule has 1 atom stereocenters. The molecule has 5 rings (SSSR count). The van der Waals surface area contributed by atoms with Gasteiger partial charge in [0.05, 0.1) is 24.8 Å². The number of benzene rings is 3. The van der Waals surface area contributed by atoms with Crippen molar-refractivity contribution in [2.24, 2.45) is 0 Å². The molecule has 178 valence electrons. The second-order valence-corrected chi connectivity index (χ2v) is 9.02. The summed E-state index contributed by atoms with van der Waals surface area (Å²) in [5, 5.41) is 14.2. The van der Waals surface area contributed by atoms with E-state index in [1.165, 1.54) is 0 Å². The lowest BCUT2D eigenvalue weighted by Gasteiger charge is -2.19. The molecule has 0 radical (unpaired) electrons. The van der Waals surface area contributed by atoms with Crippen LogP contribution in [0.25, 0.3) is 23.1 Å². The van der Waals surface area contributed by atoms with Gasteiger partial charge in [0.1, 0.15) is 5.75 Å². The Bertz CT molecular complexity index is 1340. The number of fused-ring (bicyclic) bond motifs is 2. The number of ether oxygens (including phenoxy) is 1. The highest BCUT2D eigenvalue weighted by Crippen LogP contribution is 2.31. The molecule has 1 aliphatic heterocycles. The number of hydrogen-bond acceptors (Lipinski definition) is 3. The van der Waals surface area contributed by atoms with Crippen molar-refractivity contribution in [1.82, 2.24) is 10.3 Å². The van der Waals surface area contributed by atoms with Crippen LogP contribution in [0, 0.1) is 0 Å². The van der Waals surface area contributed by atoms with Crippen molar-refractivity contribution < 1.29 is 14.6 Å². The number of nitrogens with one attached hydrogen (secondary N) is 2. The first-order valence-electron chi connectivity index (χ1n) is 12.2. The first-order chi connectivity index (χ1) is 17.2. The maximum absolute atomic E-state index is 13.5. The number of aliphatic hydroxyl groups is 1. The average Bonchev–Trinajstić information content (AvgIpc) is 3.14. The van der Waals surface area contributed by atoms with Crippen LogP contribution in [0.2, 0.25) is 0 Å². The minimum atomic E-state index is -0.411. The molecule has 0 aliphatic carbocycles. The predicted octanol–water partition coefficient (Wildman–Crippen LogP) is 5.39. The Kier molecular flexibility index (Phi) is 6.96. The molecular formula is C30H30N2O3. The molecule has 2 heterocycles. The maximum Gasteiger partial charge on any atom is 0.255 e. The van der Waals surface area contributed by atoms with Gasteiger partial charge in [-0.3, -0.25) is 4.79 Å². The van der Waals surface area contributed by atoms with Gasteiger partial charge in [-0.2, -0.15) is 0 Å². The van der Waals surface area contributed by atoms with E-state index in [-0.39, 0.29) is 12.5 Å². The van der Waals surface area contributed by atoms with Gasteiger partial charge < -0.3 is 20.1 Å². The van der Waals surface area contributed by atoms with Crippen LogP contribution in [0.5, 0.6) is 5.75 Å². The number of carbonyl (C=O) groups is 1. The summed E-state index contributed by atoms with van der Waals surface area (Å²) < 4.78 is 6.04. The summed E-state index contributed by atoms with van der Waals surface area (Å²) >= 11 is 0. The summed E-state index contributed by atoms with van der Waals surface area (Å²) in [7, 11) is 0. The van der Waals surface area contributed by atoms with E-state index in [0.29, 0.717) is 24.3 Å². The van der Waals surface area contributed by atoms with Gasteiger partial charge in [0, 0.05) is 17.1 Å². The fourth-order valence-electron chi connectivity index (χ4n) is 4.67. The number of aromatic amines is 1. The lowest BCUT2D eigenvalue weighted by Crippen LogP contribution is -2.39. The molecule has 3 N–H and O–H groups in total. The first-order valence-corrected chi connectivity index (χ1v) is 12.2. The Morgan fingerprint density at radius 2 is 1.83 bits per heavy atom. The molecule has 4 aromatic rings. The molecule has 5 heteroatoms. The number of H-pyrrole nitrogens is 1. The van der Waals surface area contributed by atoms with Crippen LogP contribution >= 0.6 is 0 Å². The molecule has 3 aromatic carbocycles. The lowest BCUT2D eigenvalue weighted by atomic mass is 9.98. The van der Waals surface area contributed by atoms with Crippen molar-refractivity contribution in [2.45, 2.75) is 31.7 Å². The van der Waals surface area contributed by atoms with Crippen LogP contribution in [-0.4, -0.2) is 35.3 Å². The molecule has 0 saturated carbocycles. The van der Waals surface area contributed by atoms with E-state index < -0.39 is 6.04 Å². The van der Waals surface area contributed by atoms with E-state index >= 15 is 0 Å². The lowest BCUT2D eigenvalue weighted by molar-refractivity contribution is 0.0912. The van der Waals surface area contributed by atoms with Crippen LogP contribution in [0.3, 0.4) is 0 Å². The smallest absolute Gasteiger partial charge is 0.255 e. The second-order valence-electron chi connectivity index (χ2n) is 9.02. The number of aliphatic hydroxyl groups excluding tert-OH is 1. The monoisotopic (exact) mass is 466 g/mol. The van der Waals surface area contributed by atoms with Crippen molar-refractivity contribution in [2.75, 3.05) is 13.2 Å². The number of aromatic nitrogens is 1. The molecule has 0 spiro atoms. The van der Waals surface area contributed by atoms with E-state index in [0.717, 1.165) is 52.4 Å². The van der Waals surface area contributed by atoms with Crippen molar-refractivity contribution >= 4 is 29.0 Å². The van der Waals surface area contributed by atoms with Gasteiger partial charge in [0.15, 0.2) is 0 Å². The van der Waals surface area contributed by atoms with E-state index in [2.05, 4.69) is 22.4 Å². The van der Waals surface area contributed by atoms with Crippen molar-refractivity contribution in [3.63, 3.8) is 0 Å². The fourth-order valence-corrected chi connectivity index (χ4v) is 4.67. The topological polar surface area (TPSA) is 74.4 Å². The van der Waals surface area contributed by atoms with E-state index in [4.69, 9.17) is 4.74 Å². The highest BCUT2D eigenvalue weighted by Gasteiger charge is 2.22. The van der Waals surface area contributed by atoms with Crippen LogP contribution < -0.4 is 10.1 Å². The van der Waals surface area contributed by atoms with Gasteiger partial charge in [0.25, 0.3) is 5.91 Å². The Hall–Kier alpha value is -3.83. The van der Waals surface area contributed by atoms with Crippen molar-refractivity contribution in [1.29, 1.82) is 0 Å². The third-order valence-electron chi connectivity index (χ3n) is 6.48. The second kappa shape index (κ2) is 10.6. The molecule has 0 saturated heterocycles. The van der Waals surface area contributed by atoms with Crippen LogP contribution in [0.1, 0.15) is 45.5 Å². The summed E-state index contributed by atoms with van der Waals surface area (Å²) in [5.74, 6) is 0.442. The third kappa shape index (κ3) is 5.31. The van der Waals surface area contributed by atoms with Crippen LogP contribution in [0.15, 0.2) is 72.9 Å². The van der Waals surface area contributed by atoms with Gasteiger partial charge in [0.2, 0.25) is 0 Å². The Balaban J connectivity index is 1.41. The molecule has 1 aliphatic rings. The minimum Gasteiger partial charge on any atom is -0.492 e. The van der Waals surface area contributed by atoms with Gasteiger partial charge in [-0.15, -0.1) is 0 Å². The zero-order chi connectivity index (χ0) is 24.0. The SMILES string of the molecule is O=C(N[C@@H](CO)Cc1c[nH]c2ccccc12)c1cc(C=Cc2ccccc2)cc2c1OCCCC2. The normalized spacial score (nSPS) is 14.3. The number of aryl methyl sites for hydroxylation is 1. The molecule has 0 fully saturated rings. The molecular weight excluding hydrogens is 436 g/mol. The highest BCUT2D eigenvalue weighted by molar-refractivity contribution is 5.98. The Morgan fingerprint density at radius 3 is 2.69 bits per heavy atom. The van der Waals surface area contributed by atoms with Crippen molar-refractivity contribution in [3.05, 3.63) is 101 Å². The zero-order valence-corrected chi connectivity index (χ0v) is 19.7. The number of carbonyl (C=O) groups excluding carboxylic acids is 1. The molecule has 0 unspecified atom stereocenters. The first kappa shape index (κ1) is 22.9. The number of hydrogen-bond donors (Lipinski definition) is 3. The summed E-state index contributed by atoms with van der Waals surface area (Å²) in [6.45, 7) is 0.452. The molecule has 5 nitrogen and oxygen atoms in total. The molecule has 1 amide bonds. The third-order valence-corrected chi connectivity index (χ3v) is 6.48. The quantitative estimate of drug-likeness (QED) is 0.320. The van der Waals surface area contributed by atoms with E-state index in [1.54, 1.807) is 0 Å². The van der Waals surface area contributed by atoms with Gasteiger partial charge in [-0.05, 0) is 66.1 Å². The van der Waals surface area contributed by atoms with Crippen molar-refractivity contribution in [3.8, 4) is 5.75 Å². The summed E-state index contributed by atoms with van der Waals surface area (Å²) in [5.41, 5.74) is 5.75. The highest BCUT2D eigenvalue weighted by atomic mass is 16.5. The standard InChI is InChI=1S/C30H30N2O3/c33-20-25(18-24-19-31-28-12-5-4-11-26(24)28)32-30(34)27-17-22(14-13-21-8-2-1-3-9-21)16-23-10-6-7-15-35-29(23)27/h1-5,8-9,11-14,16-17,19,25,31,33H,6-7,10,15,18,20H2,(H,32,34)/t25-/m1/s1. The van der Waals surface area contributed by atoms with E-state index in [9.17, 15) is 9.90 Å². The predicted molar refractivity (Wildman–Crippen MR) is 141 cm³/mol. The molecule has 1 aromatic heterocycles. The number of para-hydroxylation sites is 1. The average molecular weight is 467 g/mol. The molecule has 0 bridgehead atoms. The van der Waals surface area contributed by atoms with Gasteiger partial charge >= 0.3 is 0 Å². The minimum absolute atomic E-state index is 0.151. The Labute approximate surface area is 205 Å². The van der Waals surface area contributed by atoms with Crippen LogP contribution in [0.4, 0.5) is 0 Å². The summed E-state index contributed by atoms with van der Waals surface area (Å²) in [4.78, 5) is 16.7.